The molecular weight excluding hydrogens is 408 g/mol. The van der Waals surface area contributed by atoms with Crippen LogP contribution in [0.4, 0.5) is 0 Å². The first-order valence-electron chi connectivity index (χ1n) is 11.7. The Morgan fingerprint density at radius 2 is 1.52 bits per heavy atom. The van der Waals surface area contributed by atoms with Crippen molar-refractivity contribution in [3.8, 4) is 0 Å². The van der Waals surface area contributed by atoms with Crippen LogP contribution < -0.4 is 5.32 Å². The number of hydrogen-bond acceptors (Lipinski definition) is 2. The Labute approximate surface area is 197 Å². The first kappa shape index (κ1) is 24.2. The monoisotopic (exact) mass is 442 g/mol. The predicted molar refractivity (Wildman–Crippen MR) is 134 cm³/mol. The Balaban J connectivity index is 1.94. The van der Waals surface area contributed by atoms with E-state index >= 15 is 0 Å². The molecule has 0 bridgehead atoms. The zero-order chi connectivity index (χ0) is 23.6. The van der Waals surface area contributed by atoms with E-state index in [2.05, 4.69) is 11.4 Å². The third-order valence-corrected chi connectivity index (χ3v) is 5.73. The quantitative estimate of drug-likeness (QED) is 0.480. The molecular formula is C29H34N2O2. The number of amides is 2. The van der Waals surface area contributed by atoms with E-state index in [0.717, 1.165) is 34.2 Å². The Hall–Kier alpha value is -3.40. The highest BCUT2D eigenvalue weighted by molar-refractivity contribution is 5.88. The van der Waals surface area contributed by atoms with Crippen molar-refractivity contribution in [3.05, 3.63) is 107 Å². The molecule has 0 radical (unpaired) electrons. The average Bonchev–Trinajstić information content (AvgIpc) is 2.82. The molecule has 172 valence electrons. The summed E-state index contributed by atoms with van der Waals surface area (Å²) in [6.07, 6.45) is 1.58. The second-order valence-corrected chi connectivity index (χ2v) is 8.67. The topological polar surface area (TPSA) is 49.4 Å². The minimum absolute atomic E-state index is 0.0482. The van der Waals surface area contributed by atoms with Gasteiger partial charge in [0.05, 0.1) is 6.42 Å². The van der Waals surface area contributed by atoms with Gasteiger partial charge < -0.3 is 10.2 Å². The van der Waals surface area contributed by atoms with Crippen LogP contribution in [0, 0.1) is 13.8 Å². The standard InChI is InChI=1S/C29H34N2O2/c1-4-17-30-29(33)27(19-24-10-6-5-7-11-24)31(21-26-12-8-9-23(3)18-26)28(32)20-25-15-13-22(2)14-16-25/h5-16,18,27H,4,17,19-21H2,1-3H3,(H,30,33)/t27-/m0/s1. The third-order valence-electron chi connectivity index (χ3n) is 5.73. The molecule has 0 aromatic heterocycles. The van der Waals surface area contributed by atoms with Gasteiger partial charge >= 0.3 is 0 Å². The summed E-state index contributed by atoms with van der Waals surface area (Å²) in [5, 5.41) is 3.02. The van der Waals surface area contributed by atoms with Crippen molar-refractivity contribution in [2.24, 2.45) is 0 Å². The zero-order valence-corrected chi connectivity index (χ0v) is 19.9. The van der Waals surface area contributed by atoms with Crippen LogP contribution in [-0.4, -0.2) is 29.3 Å². The van der Waals surface area contributed by atoms with Gasteiger partial charge in [-0.05, 0) is 37.0 Å². The summed E-state index contributed by atoms with van der Waals surface area (Å²) in [6.45, 7) is 7.08. The summed E-state index contributed by atoms with van der Waals surface area (Å²) in [5.74, 6) is -0.154. The van der Waals surface area contributed by atoms with Gasteiger partial charge in [0.1, 0.15) is 6.04 Å². The van der Waals surface area contributed by atoms with Crippen LogP contribution in [0.5, 0.6) is 0 Å². The average molecular weight is 443 g/mol. The van der Waals surface area contributed by atoms with E-state index in [1.807, 2.05) is 93.6 Å². The normalized spacial score (nSPS) is 11.6. The van der Waals surface area contributed by atoms with Crippen molar-refractivity contribution in [1.82, 2.24) is 10.2 Å². The lowest BCUT2D eigenvalue weighted by Crippen LogP contribution is -2.51. The molecule has 1 N–H and O–H groups in total. The Kier molecular flexibility index (Phi) is 8.82. The van der Waals surface area contributed by atoms with Gasteiger partial charge in [-0.3, -0.25) is 9.59 Å². The molecule has 3 rings (SSSR count). The van der Waals surface area contributed by atoms with E-state index in [-0.39, 0.29) is 18.2 Å². The molecule has 0 aliphatic rings. The van der Waals surface area contributed by atoms with E-state index in [9.17, 15) is 9.59 Å². The smallest absolute Gasteiger partial charge is 0.243 e. The second-order valence-electron chi connectivity index (χ2n) is 8.67. The summed E-state index contributed by atoms with van der Waals surface area (Å²) in [7, 11) is 0. The van der Waals surface area contributed by atoms with Gasteiger partial charge in [-0.25, -0.2) is 0 Å². The molecule has 1 atom stereocenters. The van der Waals surface area contributed by atoms with Crippen molar-refractivity contribution in [2.45, 2.75) is 52.6 Å². The fraction of sp³-hybridized carbons (Fsp3) is 0.310. The SMILES string of the molecule is CCCNC(=O)[C@H](Cc1ccccc1)N(Cc1cccc(C)c1)C(=O)Cc1ccc(C)cc1. The fourth-order valence-electron chi connectivity index (χ4n) is 3.91. The molecule has 33 heavy (non-hydrogen) atoms. The Morgan fingerprint density at radius 3 is 2.18 bits per heavy atom. The van der Waals surface area contributed by atoms with Gasteiger partial charge in [-0.2, -0.15) is 0 Å². The number of benzene rings is 3. The second kappa shape index (κ2) is 12.0. The van der Waals surface area contributed by atoms with E-state index in [0.29, 0.717) is 19.5 Å². The predicted octanol–water partition coefficient (Wildman–Crippen LogP) is 5.01. The van der Waals surface area contributed by atoms with Crippen molar-refractivity contribution < 1.29 is 9.59 Å². The molecule has 4 heteroatoms. The maximum absolute atomic E-state index is 13.6. The molecule has 0 aliphatic heterocycles. The minimum atomic E-state index is -0.586. The summed E-state index contributed by atoms with van der Waals surface area (Å²) in [5.41, 5.74) is 5.30. The molecule has 0 saturated heterocycles. The number of nitrogens with one attached hydrogen (secondary N) is 1. The first-order chi connectivity index (χ1) is 16.0. The van der Waals surface area contributed by atoms with Gasteiger partial charge in [0.2, 0.25) is 11.8 Å². The van der Waals surface area contributed by atoms with Crippen molar-refractivity contribution in [1.29, 1.82) is 0 Å². The number of carbonyl (C=O) groups is 2. The van der Waals surface area contributed by atoms with E-state index in [4.69, 9.17) is 0 Å². The van der Waals surface area contributed by atoms with Crippen molar-refractivity contribution in [3.63, 3.8) is 0 Å². The van der Waals surface area contributed by atoms with Crippen LogP contribution in [0.2, 0.25) is 0 Å². The molecule has 0 spiro atoms. The molecule has 3 aromatic rings. The van der Waals surface area contributed by atoms with Crippen LogP contribution in [-0.2, 0) is 29.0 Å². The van der Waals surface area contributed by atoms with Crippen molar-refractivity contribution in [2.75, 3.05) is 6.54 Å². The number of carbonyl (C=O) groups excluding carboxylic acids is 2. The summed E-state index contributed by atoms with van der Waals surface area (Å²) < 4.78 is 0. The molecule has 0 unspecified atom stereocenters. The van der Waals surface area contributed by atoms with Gasteiger partial charge in [-0.1, -0.05) is 96.9 Å². The number of hydrogen-bond donors (Lipinski definition) is 1. The van der Waals surface area contributed by atoms with Crippen LogP contribution in [0.1, 0.15) is 41.2 Å². The molecule has 4 nitrogen and oxygen atoms in total. The lowest BCUT2D eigenvalue weighted by Gasteiger charge is -2.32. The minimum Gasteiger partial charge on any atom is -0.354 e. The van der Waals surface area contributed by atoms with E-state index < -0.39 is 6.04 Å². The number of nitrogens with zero attached hydrogens (tertiary/aromatic N) is 1. The third kappa shape index (κ3) is 7.31. The van der Waals surface area contributed by atoms with Gasteiger partial charge in [0.15, 0.2) is 0 Å². The van der Waals surface area contributed by atoms with Gasteiger partial charge in [-0.15, -0.1) is 0 Å². The maximum Gasteiger partial charge on any atom is 0.243 e. The molecule has 0 heterocycles. The highest BCUT2D eigenvalue weighted by atomic mass is 16.2. The molecule has 0 fully saturated rings. The molecule has 3 aromatic carbocycles. The molecule has 0 saturated carbocycles. The van der Waals surface area contributed by atoms with Gasteiger partial charge in [0, 0.05) is 19.5 Å². The Morgan fingerprint density at radius 1 is 0.818 bits per heavy atom. The summed E-state index contributed by atoms with van der Waals surface area (Å²) in [6, 6.07) is 25.5. The largest absolute Gasteiger partial charge is 0.354 e. The first-order valence-corrected chi connectivity index (χ1v) is 11.7. The lowest BCUT2D eigenvalue weighted by atomic mass is 10.0. The van der Waals surface area contributed by atoms with Crippen LogP contribution in [0.15, 0.2) is 78.9 Å². The fourth-order valence-corrected chi connectivity index (χ4v) is 3.91. The number of rotatable bonds is 10. The van der Waals surface area contributed by atoms with E-state index in [1.54, 1.807) is 4.90 Å². The van der Waals surface area contributed by atoms with Gasteiger partial charge in [0.25, 0.3) is 0 Å². The maximum atomic E-state index is 13.6. The molecule has 0 aliphatic carbocycles. The zero-order valence-electron chi connectivity index (χ0n) is 19.9. The van der Waals surface area contributed by atoms with Crippen LogP contribution >= 0.6 is 0 Å². The van der Waals surface area contributed by atoms with Crippen LogP contribution in [0.25, 0.3) is 0 Å². The molecule has 2 amide bonds. The highest BCUT2D eigenvalue weighted by Crippen LogP contribution is 2.17. The highest BCUT2D eigenvalue weighted by Gasteiger charge is 2.30. The lowest BCUT2D eigenvalue weighted by molar-refractivity contribution is -0.140. The Bertz CT molecular complexity index is 1040. The van der Waals surface area contributed by atoms with Crippen LogP contribution in [0.3, 0.4) is 0 Å². The summed E-state index contributed by atoms with van der Waals surface area (Å²) in [4.78, 5) is 28.7. The van der Waals surface area contributed by atoms with E-state index in [1.165, 1.54) is 0 Å². The van der Waals surface area contributed by atoms with Crippen molar-refractivity contribution >= 4 is 11.8 Å². The number of aryl methyl sites for hydroxylation is 2. The summed E-state index contributed by atoms with van der Waals surface area (Å²) >= 11 is 0.